The maximum atomic E-state index is 11.6. The molecule has 1 aromatic rings. The van der Waals surface area contributed by atoms with Crippen LogP contribution in [0.5, 0.6) is 0 Å². The number of nitrogens with two attached hydrogens (primary N) is 1. The van der Waals surface area contributed by atoms with Crippen molar-refractivity contribution in [3.8, 4) is 0 Å². The Labute approximate surface area is 136 Å². The van der Waals surface area contributed by atoms with Crippen LogP contribution in [0.2, 0.25) is 5.02 Å². The third-order valence-corrected chi connectivity index (χ3v) is 4.51. The molecular weight excluding hydrogens is 302 g/mol. The third kappa shape index (κ3) is 3.99. The van der Waals surface area contributed by atoms with Gasteiger partial charge in [-0.05, 0) is 24.6 Å². The molecule has 2 rings (SSSR count). The number of hydrogen-bond acceptors (Lipinski definition) is 3. The standard InChI is InChI=1S/C16H22ClN3O2/c1-11(13-3-5-14(17)6-4-13)20-8-7-19(12(2)21)10-15(20)9-16(18)22/h3-6,11,15H,7-10H2,1-2H3,(H2,18,22). The van der Waals surface area contributed by atoms with Gasteiger partial charge in [0.25, 0.3) is 0 Å². The van der Waals surface area contributed by atoms with Gasteiger partial charge in [0, 0.05) is 50.1 Å². The van der Waals surface area contributed by atoms with Gasteiger partial charge in [0.1, 0.15) is 0 Å². The number of hydrogen-bond donors (Lipinski definition) is 1. The minimum Gasteiger partial charge on any atom is -0.370 e. The highest BCUT2D eigenvalue weighted by atomic mass is 35.5. The molecule has 0 radical (unpaired) electrons. The first-order valence-electron chi connectivity index (χ1n) is 7.43. The summed E-state index contributed by atoms with van der Waals surface area (Å²) < 4.78 is 0. The molecule has 0 bridgehead atoms. The zero-order chi connectivity index (χ0) is 16.3. The van der Waals surface area contributed by atoms with Crippen LogP contribution in [0.15, 0.2) is 24.3 Å². The fourth-order valence-corrected chi connectivity index (χ4v) is 3.14. The summed E-state index contributed by atoms with van der Waals surface area (Å²) >= 11 is 5.93. The van der Waals surface area contributed by atoms with Crippen molar-refractivity contribution < 1.29 is 9.59 Å². The Balaban J connectivity index is 2.17. The van der Waals surface area contributed by atoms with E-state index < -0.39 is 0 Å². The van der Waals surface area contributed by atoms with Gasteiger partial charge < -0.3 is 10.6 Å². The van der Waals surface area contributed by atoms with Crippen molar-refractivity contribution >= 4 is 23.4 Å². The van der Waals surface area contributed by atoms with E-state index in [-0.39, 0.29) is 30.3 Å². The summed E-state index contributed by atoms with van der Waals surface area (Å²) in [7, 11) is 0. The normalized spacial score (nSPS) is 20.7. The Hall–Kier alpha value is -1.59. The van der Waals surface area contributed by atoms with Crippen LogP contribution in [0.25, 0.3) is 0 Å². The zero-order valence-electron chi connectivity index (χ0n) is 13.0. The molecule has 0 aromatic heterocycles. The monoisotopic (exact) mass is 323 g/mol. The molecule has 1 aliphatic heterocycles. The average Bonchev–Trinajstić information content (AvgIpc) is 2.46. The van der Waals surface area contributed by atoms with Crippen molar-refractivity contribution in [1.82, 2.24) is 9.80 Å². The van der Waals surface area contributed by atoms with Crippen molar-refractivity contribution in [3.63, 3.8) is 0 Å². The smallest absolute Gasteiger partial charge is 0.219 e. The maximum Gasteiger partial charge on any atom is 0.219 e. The molecule has 2 atom stereocenters. The van der Waals surface area contributed by atoms with Gasteiger partial charge in [-0.15, -0.1) is 0 Å². The molecule has 1 aliphatic rings. The van der Waals surface area contributed by atoms with Crippen LogP contribution < -0.4 is 5.73 Å². The Kier molecular flexibility index (Phi) is 5.42. The van der Waals surface area contributed by atoms with E-state index in [0.29, 0.717) is 18.1 Å². The van der Waals surface area contributed by atoms with E-state index in [1.165, 1.54) is 0 Å². The molecule has 2 amide bonds. The third-order valence-electron chi connectivity index (χ3n) is 4.26. The molecule has 2 unspecified atom stereocenters. The van der Waals surface area contributed by atoms with Gasteiger partial charge in [-0.1, -0.05) is 23.7 Å². The lowest BCUT2D eigenvalue weighted by molar-refractivity contribution is -0.134. The lowest BCUT2D eigenvalue weighted by Gasteiger charge is -2.44. The number of carbonyl (C=O) groups is 2. The number of rotatable bonds is 4. The van der Waals surface area contributed by atoms with Gasteiger partial charge in [-0.2, -0.15) is 0 Å². The minimum atomic E-state index is -0.344. The number of nitrogens with zero attached hydrogens (tertiary/aromatic N) is 2. The number of piperazine rings is 1. The Bertz CT molecular complexity index is 547. The van der Waals surface area contributed by atoms with Crippen molar-refractivity contribution in [2.24, 2.45) is 5.73 Å². The fraction of sp³-hybridized carbons (Fsp3) is 0.500. The fourth-order valence-electron chi connectivity index (χ4n) is 3.01. The highest BCUT2D eigenvalue weighted by Crippen LogP contribution is 2.27. The van der Waals surface area contributed by atoms with Gasteiger partial charge in [0.15, 0.2) is 0 Å². The second-order valence-corrected chi connectivity index (χ2v) is 6.19. The van der Waals surface area contributed by atoms with Gasteiger partial charge in [0.2, 0.25) is 11.8 Å². The Morgan fingerprint density at radius 3 is 2.50 bits per heavy atom. The number of carbonyl (C=O) groups excluding carboxylic acids is 2. The predicted octanol–water partition coefficient (Wildman–Crippen LogP) is 1.81. The van der Waals surface area contributed by atoms with Gasteiger partial charge in [0.05, 0.1) is 0 Å². The second-order valence-electron chi connectivity index (χ2n) is 5.75. The molecule has 0 saturated carbocycles. The van der Waals surface area contributed by atoms with Gasteiger partial charge in [-0.25, -0.2) is 0 Å². The molecular formula is C16H22ClN3O2. The summed E-state index contributed by atoms with van der Waals surface area (Å²) in [6.07, 6.45) is 0.252. The zero-order valence-corrected chi connectivity index (χ0v) is 13.7. The largest absolute Gasteiger partial charge is 0.370 e. The SMILES string of the molecule is CC(=O)N1CCN(C(C)c2ccc(Cl)cc2)C(CC(N)=O)C1. The summed E-state index contributed by atoms with van der Waals surface area (Å²) in [5.74, 6) is -0.308. The lowest BCUT2D eigenvalue weighted by atomic mass is 10.0. The van der Waals surface area contributed by atoms with Crippen LogP contribution in [-0.2, 0) is 9.59 Å². The van der Waals surface area contributed by atoms with Crippen LogP contribution in [0.4, 0.5) is 0 Å². The molecule has 1 fully saturated rings. The summed E-state index contributed by atoms with van der Waals surface area (Å²) in [5.41, 5.74) is 6.51. The highest BCUT2D eigenvalue weighted by molar-refractivity contribution is 6.30. The Morgan fingerprint density at radius 2 is 1.95 bits per heavy atom. The quantitative estimate of drug-likeness (QED) is 0.919. The molecule has 1 heterocycles. The first-order valence-corrected chi connectivity index (χ1v) is 7.81. The van der Waals surface area contributed by atoms with E-state index in [1.807, 2.05) is 24.3 Å². The van der Waals surface area contributed by atoms with Crippen LogP contribution in [0, 0.1) is 0 Å². The molecule has 1 aromatic carbocycles. The van der Waals surface area contributed by atoms with Crippen molar-refractivity contribution in [2.75, 3.05) is 19.6 Å². The van der Waals surface area contributed by atoms with E-state index in [9.17, 15) is 9.59 Å². The van der Waals surface area contributed by atoms with Crippen LogP contribution in [0.3, 0.4) is 0 Å². The van der Waals surface area contributed by atoms with Gasteiger partial charge in [-0.3, -0.25) is 14.5 Å². The van der Waals surface area contributed by atoms with Crippen molar-refractivity contribution in [1.29, 1.82) is 0 Å². The maximum absolute atomic E-state index is 11.6. The number of halogens is 1. The van der Waals surface area contributed by atoms with E-state index in [1.54, 1.807) is 11.8 Å². The molecule has 0 aliphatic carbocycles. The Morgan fingerprint density at radius 1 is 1.32 bits per heavy atom. The van der Waals surface area contributed by atoms with E-state index in [4.69, 9.17) is 17.3 Å². The van der Waals surface area contributed by atoms with Gasteiger partial charge >= 0.3 is 0 Å². The first kappa shape index (κ1) is 16.8. The summed E-state index contributed by atoms with van der Waals surface area (Å²) in [6.45, 7) is 5.58. The topological polar surface area (TPSA) is 66.6 Å². The molecule has 0 spiro atoms. The minimum absolute atomic E-state index is 0.0354. The van der Waals surface area contributed by atoms with Crippen molar-refractivity contribution in [3.05, 3.63) is 34.9 Å². The van der Waals surface area contributed by atoms with E-state index >= 15 is 0 Å². The summed E-state index contributed by atoms with van der Waals surface area (Å²) in [6, 6.07) is 7.79. The highest BCUT2D eigenvalue weighted by Gasteiger charge is 2.32. The van der Waals surface area contributed by atoms with Crippen molar-refractivity contribution in [2.45, 2.75) is 32.4 Å². The summed E-state index contributed by atoms with van der Waals surface area (Å²) in [5, 5.41) is 0.700. The molecule has 5 nitrogen and oxygen atoms in total. The van der Waals surface area contributed by atoms with Crippen LogP contribution in [0.1, 0.15) is 31.9 Å². The van der Waals surface area contributed by atoms with Crippen LogP contribution in [-0.4, -0.2) is 47.3 Å². The van der Waals surface area contributed by atoms with Crippen LogP contribution >= 0.6 is 11.6 Å². The van der Waals surface area contributed by atoms with E-state index in [2.05, 4.69) is 11.8 Å². The number of benzene rings is 1. The number of amides is 2. The summed E-state index contributed by atoms with van der Waals surface area (Å²) in [4.78, 5) is 27.0. The lowest BCUT2D eigenvalue weighted by Crippen LogP contribution is -2.55. The predicted molar refractivity (Wildman–Crippen MR) is 86.4 cm³/mol. The molecule has 22 heavy (non-hydrogen) atoms. The first-order chi connectivity index (χ1) is 10.4. The molecule has 120 valence electrons. The molecule has 1 saturated heterocycles. The molecule has 6 heteroatoms. The molecule has 2 N–H and O–H groups in total. The van der Waals surface area contributed by atoms with E-state index in [0.717, 1.165) is 12.1 Å². The second kappa shape index (κ2) is 7.11. The average molecular weight is 324 g/mol. The number of primary amides is 1.